The van der Waals surface area contributed by atoms with E-state index in [0.717, 1.165) is 21.3 Å². The standard InChI is InChI=1S/C22H19N7O3S.C7H7F/c30-17-12-29-15(11-25-17)19(27-21(31)18-14-6-1-2-7-16(14)33-28-18)26-20(29)22(32)24-10-8-13-5-3-4-9-23-13;1-6-2-4-7(8)5-3-6/h1-7,9H,8,10-12H2,(H,24,32)(H,25,30)(H,27,31);2-5H,1H3. The molecule has 10 nitrogen and oxygen atoms in total. The van der Waals surface area contributed by atoms with E-state index in [2.05, 4.69) is 30.3 Å². The van der Waals surface area contributed by atoms with Crippen molar-refractivity contribution in [3.63, 3.8) is 0 Å². The van der Waals surface area contributed by atoms with Crippen molar-refractivity contribution in [1.29, 1.82) is 0 Å². The third-order valence-corrected chi connectivity index (χ3v) is 7.09. The van der Waals surface area contributed by atoms with E-state index in [9.17, 15) is 18.8 Å². The van der Waals surface area contributed by atoms with Gasteiger partial charge < -0.3 is 20.5 Å². The first-order valence-electron chi connectivity index (χ1n) is 12.8. The van der Waals surface area contributed by atoms with E-state index in [-0.39, 0.29) is 36.5 Å². The number of anilines is 1. The number of pyridine rings is 1. The molecule has 0 fully saturated rings. The topological polar surface area (TPSA) is 131 Å². The molecule has 12 heteroatoms. The normalized spacial score (nSPS) is 12.1. The van der Waals surface area contributed by atoms with Crippen LogP contribution in [0.5, 0.6) is 0 Å². The van der Waals surface area contributed by atoms with Crippen molar-refractivity contribution in [2.45, 2.75) is 26.4 Å². The van der Waals surface area contributed by atoms with Crippen molar-refractivity contribution in [3.8, 4) is 0 Å². The van der Waals surface area contributed by atoms with Crippen LogP contribution in [0.15, 0.2) is 72.9 Å². The molecule has 0 saturated heterocycles. The van der Waals surface area contributed by atoms with Crippen molar-refractivity contribution in [2.24, 2.45) is 0 Å². The summed E-state index contributed by atoms with van der Waals surface area (Å²) in [6.45, 7) is 2.39. The maximum Gasteiger partial charge on any atom is 0.287 e. The first kappa shape index (κ1) is 27.6. The third kappa shape index (κ3) is 6.61. The lowest BCUT2D eigenvalue weighted by Crippen LogP contribution is -2.37. The van der Waals surface area contributed by atoms with Crippen molar-refractivity contribution in [2.75, 3.05) is 11.9 Å². The second kappa shape index (κ2) is 12.5. The van der Waals surface area contributed by atoms with Gasteiger partial charge in [-0.3, -0.25) is 19.4 Å². The summed E-state index contributed by atoms with van der Waals surface area (Å²) in [6, 6.07) is 19.4. The zero-order valence-corrected chi connectivity index (χ0v) is 22.9. The van der Waals surface area contributed by atoms with Gasteiger partial charge in [0.2, 0.25) is 11.7 Å². The van der Waals surface area contributed by atoms with Gasteiger partial charge in [0, 0.05) is 30.2 Å². The van der Waals surface area contributed by atoms with Crippen molar-refractivity contribution < 1.29 is 18.8 Å². The van der Waals surface area contributed by atoms with Crippen LogP contribution in [-0.4, -0.2) is 43.2 Å². The molecule has 41 heavy (non-hydrogen) atoms. The lowest BCUT2D eigenvalue weighted by Gasteiger charge is -2.17. The Hall–Kier alpha value is -4.97. The Morgan fingerprint density at radius 3 is 2.59 bits per heavy atom. The summed E-state index contributed by atoms with van der Waals surface area (Å²) in [4.78, 5) is 46.4. The minimum absolute atomic E-state index is 0.0547. The number of aromatic nitrogens is 4. The van der Waals surface area contributed by atoms with Gasteiger partial charge in [-0.1, -0.05) is 42.0 Å². The minimum Gasteiger partial charge on any atom is -0.349 e. The average molecular weight is 572 g/mol. The van der Waals surface area contributed by atoms with Crippen LogP contribution in [0.4, 0.5) is 10.2 Å². The highest BCUT2D eigenvalue weighted by atomic mass is 32.1. The molecule has 5 aromatic rings. The zero-order chi connectivity index (χ0) is 28.8. The number of halogens is 1. The first-order valence-corrected chi connectivity index (χ1v) is 13.6. The van der Waals surface area contributed by atoms with Crippen LogP contribution in [0.1, 0.15) is 38.1 Å². The molecule has 0 radical (unpaired) electrons. The molecule has 0 bridgehead atoms. The molecular weight excluding hydrogens is 545 g/mol. The van der Waals surface area contributed by atoms with E-state index in [1.54, 1.807) is 18.3 Å². The number of imidazole rings is 1. The SMILES string of the molecule is Cc1ccc(F)cc1.O=C1Cn2c(C(=O)NCCc3ccccn3)nc(NC(=O)c3nsc4ccccc34)c2CN1. The lowest BCUT2D eigenvalue weighted by molar-refractivity contribution is -0.122. The molecule has 3 aromatic heterocycles. The van der Waals surface area contributed by atoms with E-state index >= 15 is 0 Å². The molecule has 3 N–H and O–H groups in total. The molecule has 6 rings (SSSR count). The van der Waals surface area contributed by atoms with Crippen molar-refractivity contribution in [3.05, 3.63) is 107 Å². The molecule has 0 spiro atoms. The number of rotatable bonds is 6. The minimum atomic E-state index is -0.429. The largest absolute Gasteiger partial charge is 0.349 e. The number of hydrogen-bond donors (Lipinski definition) is 3. The Morgan fingerprint density at radius 1 is 1.05 bits per heavy atom. The molecule has 0 saturated carbocycles. The maximum atomic E-state index is 12.9. The van der Waals surface area contributed by atoms with Gasteiger partial charge in [-0.25, -0.2) is 9.37 Å². The number of nitrogens with zero attached hydrogens (tertiary/aromatic N) is 4. The summed E-state index contributed by atoms with van der Waals surface area (Å²) >= 11 is 1.24. The molecule has 0 unspecified atom stereocenters. The van der Waals surface area contributed by atoms with Gasteiger partial charge in [0.05, 0.1) is 16.9 Å². The van der Waals surface area contributed by atoms with E-state index in [1.807, 2.05) is 49.4 Å². The number of benzene rings is 2. The second-order valence-electron chi connectivity index (χ2n) is 9.20. The number of fused-ring (bicyclic) bond motifs is 2. The molecule has 2 aromatic carbocycles. The number of amides is 3. The smallest absolute Gasteiger partial charge is 0.287 e. The highest BCUT2D eigenvalue weighted by Crippen LogP contribution is 2.25. The summed E-state index contributed by atoms with van der Waals surface area (Å²) in [6.07, 6.45) is 2.25. The molecule has 1 aliphatic heterocycles. The second-order valence-corrected chi connectivity index (χ2v) is 10.0. The summed E-state index contributed by atoms with van der Waals surface area (Å²) in [7, 11) is 0. The number of carbonyl (C=O) groups excluding carboxylic acids is 3. The van der Waals surface area contributed by atoms with Crippen LogP contribution in [0.2, 0.25) is 0 Å². The summed E-state index contributed by atoms with van der Waals surface area (Å²) < 4.78 is 18.8. The molecule has 4 heterocycles. The maximum absolute atomic E-state index is 12.9. The number of carbonyl (C=O) groups is 3. The van der Waals surface area contributed by atoms with Crippen molar-refractivity contribution >= 4 is 45.2 Å². The zero-order valence-electron chi connectivity index (χ0n) is 22.1. The lowest BCUT2D eigenvalue weighted by atomic mass is 10.2. The Bertz CT molecular complexity index is 1680. The van der Waals surface area contributed by atoms with Gasteiger partial charge in [0.15, 0.2) is 5.82 Å². The Kier molecular flexibility index (Phi) is 8.39. The van der Waals surface area contributed by atoms with Gasteiger partial charge in [0.1, 0.15) is 18.1 Å². The monoisotopic (exact) mass is 571 g/mol. The van der Waals surface area contributed by atoms with Gasteiger partial charge >= 0.3 is 0 Å². The van der Waals surface area contributed by atoms with Crippen LogP contribution in [0, 0.1) is 12.7 Å². The third-order valence-electron chi connectivity index (χ3n) is 6.26. The fourth-order valence-corrected chi connectivity index (χ4v) is 4.94. The highest BCUT2D eigenvalue weighted by Gasteiger charge is 2.28. The van der Waals surface area contributed by atoms with Crippen molar-refractivity contribution in [1.82, 2.24) is 29.5 Å². The van der Waals surface area contributed by atoms with E-state index in [4.69, 9.17) is 0 Å². The van der Waals surface area contributed by atoms with Gasteiger partial charge in [-0.05, 0) is 48.8 Å². The Morgan fingerprint density at radius 2 is 1.83 bits per heavy atom. The molecule has 0 atom stereocenters. The van der Waals surface area contributed by atoms with E-state index < -0.39 is 11.8 Å². The van der Waals surface area contributed by atoms with Crippen LogP contribution in [0.3, 0.4) is 0 Å². The number of hydrogen-bond acceptors (Lipinski definition) is 7. The Labute approximate surface area is 238 Å². The Balaban J connectivity index is 0.000000365. The predicted octanol–water partition coefficient (Wildman–Crippen LogP) is 3.88. The fraction of sp³-hybridized carbons (Fsp3) is 0.172. The first-order chi connectivity index (χ1) is 19.9. The van der Waals surface area contributed by atoms with E-state index in [1.165, 1.54) is 28.2 Å². The quantitative estimate of drug-likeness (QED) is 0.284. The van der Waals surface area contributed by atoms with E-state index in [0.29, 0.717) is 24.4 Å². The van der Waals surface area contributed by atoms with Gasteiger partial charge in [0.25, 0.3) is 11.8 Å². The predicted molar refractivity (Wildman–Crippen MR) is 153 cm³/mol. The molecule has 1 aliphatic rings. The molecule has 208 valence electrons. The summed E-state index contributed by atoms with van der Waals surface area (Å²) in [5, 5.41) is 9.05. The molecule has 0 aliphatic carbocycles. The average Bonchev–Trinajstić information content (AvgIpc) is 3.57. The van der Waals surface area contributed by atoms with Crippen LogP contribution in [0.25, 0.3) is 10.1 Å². The van der Waals surface area contributed by atoms with Crippen LogP contribution in [-0.2, 0) is 24.3 Å². The highest BCUT2D eigenvalue weighted by molar-refractivity contribution is 7.13. The number of nitrogens with one attached hydrogen (secondary N) is 3. The van der Waals surface area contributed by atoms with Gasteiger partial charge in [-0.15, -0.1) is 0 Å². The van der Waals surface area contributed by atoms with Gasteiger partial charge in [-0.2, -0.15) is 4.37 Å². The molecular formula is C29H26FN7O3S. The fourth-order valence-electron chi connectivity index (χ4n) is 4.17. The number of aryl methyl sites for hydroxylation is 1. The molecule has 3 amide bonds. The van der Waals surface area contributed by atoms with Crippen LogP contribution >= 0.6 is 11.5 Å². The summed E-state index contributed by atoms with van der Waals surface area (Å²) in [5.41, 5.74) is 2.79. The summed E-state index contributed by atoms with van der Waals surface area (Å²) in [5.74, 6) is -0.957. The van der Waals surface area contributed by atoms with Crippen LogP contribution < -0.4 is 16.0 Å².